The van der Waals surface area contributed by atoms with Crippen LogP contribution in [0.2, 0.25) is 0 Å². The fourth-order valence-electron chi connectivity index (χ4n) is 1.92. The van der Waals surface area contributed by atoms with Crippen LogP contribution >= 0.6 is 11.3 Å². The third-order valence-corrected chi connectivity index (χ3v) is 3.96. The van der Waals surface area contributed by atoms with E-state index in [2.05, 4.69) is 10.2 Å². The monoisotopic (exact) mass is 247 g/mol. The number of aromatic nitrogens is 3. The van der Waals surface area contributed by atoms with E-state index in [-0.39, 0.29) is 0 Å². The van der Waals surface area contributed by atoms with Crippen molar-refractivity contribution in [3.63, 3.8) is 0 Å². The third-order valence-electron chi connectivity index (χ3n) is 2.79. The van der Waals surface area contributed by atoms with E-state index in [0.29, 0.717) is 4.96 Å². The van der Waals surface area contributed by atoms with Crippen molar-refractivity contribution in [2.24, 2.45) is 0 Å². The number of thiazole rings is 1. The predicted molar refractivity (Wildman–Crippen MR) is 66.9 cm³/mol. The van der Waals surface area contributed by atoms with Gasteiger partial charge in [-0.25, -0.2) is 9.50 Å². The van der Waals surface area contributed by atoms with Gasteiger partial charge in [0.25, 0.3) is 0 Å². The number of hydrogen-bond donors (Lipinski definition) is 1. The van der Waals surface area contributed by atoms with Crippen LogP contribution in [0, 0.1) is 13.8 Å². The van der Waals surface area contributed by atoms with Gasteiger partial charge in [-0.3, -0.25) is 9.59 Å². The lowest BCUT2D eigenvalue weighted by Crippen LogP contribution is -2.33. The van der Waals surface area contributed by atoms with Gasteiger partial charge in [0.15, 0.2) is 0 Å². The summed E-state index contributed by atoms with van der Waals surface area (Å²) in [4.78, 5) is 23.7. The Kier molecular flexibility index (Phi) is 1.97. The van der Waals surface area contributed by atoms with Crippen LogP contribution in [0.25, 0.3) is 15.2 Å². The van der Waals surface area contributed by atoms with Crippen molar-refractivity contribution in [3.8, 4) is 0 Å². The van der Waals surface area contributed by atoms with E-state index >= 15 is 0 Å². The quantitative estimate of drug-likeness (QED) is 0.607. The largest absolute Gasteiger partial charge is 0.330 e. The molecule has 0 atom stereocenters. The fraction of sp³-hybridized carbons (Fsp3) is 0.182. The lowest BCUT2D eigenvalue weighted by atomic mass is 10.1. The summed E-state index contributed by atoms with van der Waals surface area (Å²) in [5.74, 6) is 0. The second-order valence-electron chi connectivity index (χ2n) is 3.96. The van der Waals surface area contributed by atoms with Gasteiger partial charge in [0.2, 0.25) is 4.96 Å². The summed E-state index contributed by atoms with van der Waals surface area (Å²) in [5.41, 5.74) is 1.56. The molecular weight excluding hydrogens is 238 g/mol. The van der Waals surface area contributed by atoms with Gasteiger partial charge in [-0.1, -0.05) is 23.5 Å². The molecule has 0 spiro atoms. The normalized spacial score (nSPS) is 11.4. The van der Waals surface area contributed by atoms with Gasteiger partial charge >= 0.3 is 11.1 Å². The summed E-state index contributed by atoms with van der Waals surface area (Å²) in [5, 5.41) is 6.12. The number of hydrogen-bond acceptors (Lipinski definition) is 4. The zero-order chi connectivity index (χ0) is 12.2. The van der Waals surface area contributed by atoms with Gasteiger partial charge in [-0.05, 0) is 25.0 Å². The molecule has 5 nitrogen and oxygen atoms in total. The fourth-order valence-corrected chi connectivity index (χ4v) is 3.04. The first kappa shape index (κ1) is 10.2. The van der Waals surface area contributed by atoms with Crippen LogP contribution < -0.4 is 11.1 Å². The Morgan fingerprint density at radius 3 is 2.71 bits per heavy atom. The SMILES string of the molecule is Cc1ccc(C)c2c1sc1n[nH]c(=O)c(=O)n12. The van der Waals surface area contributed by atoms with Crippen molar-refractivity contribution < 1.29 is 0 Å². The van der Waals surface area contributed by atoms with E-state index in [1.165, 1.54) is 15.7 Å². The molecule has 0 aliphatic heterocycles. The molecule has 0 radical (unpaired) electrons. The van der Waals surface area contributed by atoms with Gasteiger partial charge in [0.1, 0.15) is 0 Å². The highest BCUT2D eigenvalue weighted by Gasteiger charge is 2.13. The molecule has 6 heteroatoms. The van der Waals surface area contributed by atoms with Crippen molar-refractivity contribution in [1.82, 2.24) is 14.6 Å². The maximum Gasteiger partial charge on any atom is 0.330 e. The number of aromatic amines is 1. The minimum Gasteiger partial charge on any atom is -0.262 e. The van der Waals surface area contributed by atoms with Crippen molar-refractivity contribution in [1.29, 1.82) is 0 Å². The second-order valence-corrected chi connectivity index (χ2v) is 4.93. The van der Waals surface area contributed by atoms with Crippen molar-refractivity contribution in [2.75, 3.05) is 0 Å². The molecule has 2 heterocycles. The van der Waals surface area contributed by atoms with Gasteiger partial charge in [0.05, 0.1) is 10.2 Å². The minimum atomic E-state index is -0.692. The molecule has 0 aliphatic rings. The summed E-state index contributed by atoms with van der Waals surface area (Å²) >= 11 is 1.41. The molecule has 1 aromatic carbocycles. The summed E-state index contributed by atoms with van der Waals surface area (Å²) < 4.78 is 2.38. The van der Waals surface area contributed by atoms with Gasteiger partial charge in [0, 0.05) is 0 Å². The minimum absolute atomic E-state index is 0.516. The maximum absolute atomic E-state index is 11.9. The topological polar surface area (TPSA) is 67.2 Å². The second kappa shape index (κ2) is 3.27. The van der Waals surface area contributed by atoms with Crippen molar-refractivity contribution >= 4 is 26.5 Å². The van der Waals surface area contributed by atoms with E-state index in [0.717, 1.165) is 21.3 Å². The Labute approximate surface area is 99.3 Å². The number of benzene rings is 1. The van der Waals surface area contributed by atoms with Crippen LogP contribution in [0.15, 0.2) is 21.7 Å². The van der Waals surface area contributed by atoms with E-state index < -0.39 is 11.1 Å². The van der Waals surface area contributed by atoms with Crippen LogP contribution in [0.3, 0.4) is 0 Å². The lowest BCUT2D eigenvalue weighted by molar-refractivity contribution is 0.925. The Hall–Kier alpha value is -1.95. The van der Waals surface area contributed by atoms with Crippen LogP contribution in [-0.2, 0) is 0 Å². The maximum atomic E-state index is 11.9. The molecule has 17 heavy (non-hydrogen) atoms. The van der Waals surface area contributed by atoms with Crippen LogP contribution in [-0.4, -0.2) is 14.6 Å². The Morgan fingerprint density at radius 1 is 1.24 bits per heavy atom. The number of rotatable bonds is 0. The number of nitrogens with one attached hydrogen (secondary N) is 1. The zero-order valence-electron chi connectivity index (χ0n) is 9.27. The average molecular weight is 247 g/mol. The molecule has 2 aromatic heterocycles. The Bertz CT molecular complexity index is 857. The molecule has 0 saturated heterocycles. The van der Waals surface area contributed by atoms with E-state index in [1.54, 1.807) is 0 Å². The smallest absolute Gasteiger partial charge is 0.262 e. The first-order valence-electron chi connectivity index (χ1n) is 5.10. The zero-order valence-corrected chi connectivity index (χ0v) is 10.1. The number of H-pyrrole nitrogens is 1. The molecule has 86 valence electrons. The van der Waals surface area contributed by atoms with Crippen molar-refractivity contribution in [2.45, 2.75) is 13.8 Å². The summed E-state index contributed by atoms with van der Waals surface area (Å²) in [7, 11) is 0. The molecule has 0 fully saturated rings. The van der Waals surface area contributed by atoms with Crippen LogP contribution in [0.4, 0.5) is 0 Å². The standard InChI is InChI=1S/C11H9N3O2S/c1-5-3-4-6(2)8-7(5)14-10(16)9(15)12-13-11(14)17-8/h3-4H,1-2H3,(H,12,15). The Balaban J connectivity index is 2.77. The average Bonchev–Trinajstić information content (AvgIpc) is 2.70. The van der Waals surface area contributed by atoms with Crippen molar-refractivity contribution in [3.05, 3.63) is 44.0 Å². The van der Waals surface area contributed by atoms with Gasteiger partial charge in [-0.15, -0.1) is 5.10 Å². The molecule has 0 aliphatic carbocycles. The molecule has 0 amide bonds. The van der Waals surface area contributed by atoms with E-state index in [1.807, 2.05) is 26.0 Å². The molecule has 1 N–H and O–H groups in total. The molecule has 0 unspecified atom stereocenters. The first-order chi connectivity index (χ1) is 8.09. The van der Waals surface area contributed by atoms with Gasteiger partial charge in [-0.2, -0.15) is 0 Å². The summed E-state index contributed by atoms with van der Waals surface area (Å²) in [6.07, 6.45) is 0. The predicted octanol–water partition coefficient (Wildman–Crippen LogP) is 1.21. The highest BCUT2D eigenvalue weighted by molar-refractivity contribution is 7.23. The number of nitrogens with zero attached hydrogens (tertiary/aromatic N) is 2. The molecule has 0 bridgehead atoms. The van der Waals surface area contributed by atoms with E-state index in [9.17, 15) is 9.59 Å². The molecule has 3 aromatic rings. The highest BCUT2D eigenvalue weighted by atomic mass is 32.1. The summed E-state index contributed by atoms with van der Waals surface area (Å²) in [6, 6.07) is 3.94. The first-order valence-corrected chi connectivity index (χ1v) is 5.91. The van der Waals surface area contributed by atoms with Gasteiger partial charge < -0.3 is 0 Å². The number of aryl methyl sites for hydroxylation is 2. The lowest BCUT2D eigenvalue weighted by Gasteiger charge is -1.99. The van der Waals surface area contributed by atoms with E-state index in [4.69, 9.17) is 0 Å². The highest BCUT2D eigenvalue weighted by Crippen LogP contribution is 2.28. The molecule has 3 rings (SSSR count). The number of fused-ring (bicyclic) bond motifs is 3. The third kappa shape index (κ3) is 1.27. The Morgan fingerprint density at radius 2 is 1.94 bits per heavy atom. The molecular formula is C11H9N3O2S. The van der Waals surface area contributed by atoms with Crippen LogP contribution in [0.1, 0.15) is 11.1 Å². The molecule has 0 saturated carbocycles. The summed E-state index contributed by atoms with van der Waals surface area (Å²) in [6.45, 7) is 3.89. The van der Waals surface area contributed by atoms with Crippen LogP contribution in [0.5, 0.6) is 0 Å².